The van der Waals surface area contributed by atoms with Gasteiger partial charge in [0, 0.05) is 38.3 Å². The third kappa shape index (κ3) is 6.33. The van der Waals surface area contributed by atoms with E-state index in [2.05, 4.69) is 25.9 Å². The molecule has 1 unspecified atom stereocenters. The van der Waals surface area contributed by atoms with Crippen molar-refractivity contribution in [2.45, 2.75) is 85.2 Å². The molecule has 1 aliphatic carbocycles. The van der Waals surface area contributed by atoms with Gasteiger partial charge in [0.25, 0.3) is 11.6 Å². The molecule has 2 amide bonds. The van der Waals surface area contributed by atoms with Crippen molar-refractivity contribution in [3.8, 4) is 0 Å². The molecule has 4 rings (SSSR count). The van der Waals surface area contributed by atoms with Crippen LogP contribution in [-0.2, 0) is 11.2 Å². The van der Waals surface area contributed by atoms with Crippen molar-refractivity contribution in [2.24, 2.45) is 11.3 Å². The summed E-state index contributed by atoms with van der Waals surface area (Å²) in [6.45, 7) is 13.9. The number of pyridine rings is 1. The predicted molar refractivity (Wildman–Crippen MR) is 134 cm³/mol. The quantitative estimate of drug-likeness (QED) is 0.564. The monoisotopic (exact) mass is 484 g/mol. The molecule has 1 saturated carbocycles. The zero-order valence-corrected chi connectivity index (χ0v) is 22.3. The summed E-state index contributed by atoms with van der Waals surface area (Å²) in [4.78, 5) is 34.6. The van der Waals surface area contributed by atoms with Crippen molar-refractivity contribution in [3.63, 3.8) is 0 Å². The van der Waals surface area contributed by atoms with Gasteiger partial charge in [0.15, 0.2) is 0 Å². The van der Waals surface area contributed by atoms with Crippen LogP contribution in [0.25, 0.3) is 11.1 Å². The molecule has 35 heavy (non-hydrogen) atoms. The first-order valence-corrected chi connectivity index (χ1v) is 12.8. The van der Waals surface area contributed by atoms with Crippen molar-refractivity contribution >= 4 is 23.1 Å². The number of hydrogen-bond acceptors (Lipinski definition) is 6. The second-order valence-corrected chi connectivity index (χ2v) is 12.5. The third-order valence-electron chi connectivity index (χ3n) is 6.50. The Kier molecular flexibility index (Phi) is 6.86. The highest BCUT2D eigenvalue weighted by atomic mass is 16.6. The summed E-state index contributed by atoms with van der Waals surface area (Å²) in [5, 5.41) is 5.08. The van der Waals surface area contributed by atoms with Crippen molar-refractivity contribution in [1.82, 2.24) is 19.9 Å². The first-order valence-electron chi connectivity index (χ1n) is 12.8. The van der Waals surface area contributed by atoms with E-state index in [1.54, 1.807) is 11.9 Å². The lowest BCUT2D eigenvalue weighted by atomic mass is 9.89. The van der Waals surface area contributed by atoms with Crippen LogP contribution < -0.4 is 0 Å². The van der Waals surface area contributed by atoms with Gasteiger partial charge in [-0.05, 0) is 70.3 Å². The zero-order chi connectivity index (χ0) is 25.5. The lowest BCUT2D eigenvalue weighted by molar-refractivity contribution is 0.0244. The Bertz CT molecular complexity index is 1090. The van der Waals surface area contributed by atoms with Crippen LogP contribution in [0.4, 0.5) is 4.79 Å². The van der Waals surface area contributed by atoms with Crippen LogP contribution in [-0.4, -0.2) is 64.2 Å². The fraction of sp³-hybridized carbons (Fsp3) is 0.704. The summed E-state index contributed by atoms with van der Waals surface area (Å²) in [7, 11) is 1.76. The fourth-order valence-electron chi connectivity index (χ4n) is 4.78. The second kappa shape index (κ2) is 9.43. The molecule has 8 nitrogen and oxygen atoms in total. The number of likely N-dealkylation sites (tertiary alicyclic amines) is 1. The Labute approximate surface area is 208 Å². The molecule has 1 aliphatic heterocycles. The third-order valence-corrected chi connectivity index (χ3v) is 6.50. The van der Waals surface area contributed by atoms with Gasteiger partial charge < -0.3 is 19.1 Å². The van der Waals surface area contributed by atoms with Crippen LogP contribution in [0.15, 0.2) is 10.6 Å². The number of rotatable bonds is 5. The highest BCUT2D eigenvalue weighted by Gasteiger charge is 2.33. The van der Waals surface area contributed by atoms with Crippen LogP contribution in [0, 0.1) is 11.3 Å². The van der Waals surface area contributed by atoms with E-state index in [1.807, 2.05) is 31.7 Å². The van der Waals surface area contributed by atoms with E-state index in [-0.39, 0.29) is 23.3 Å². The molecule has 0 radical (unpaired) electrons. The number of fused-ring (bicyclic) bond motifs is 1. The summed E-state index contributed by atoms with van der Waals surface area (Å²) < 4.78 is 11.1. The topological polar surface area (TPSA) is 88.8 Å². The van der Waals surface area contributed by atoms with Gasteiger partial charge in [-0.2, -0.15) is 0 Å². The van der Waals surface area contributed by atoms with E-state index in [9.17, 15) is 9.59 Å². The number of carbonyl (C=O) groups excluding carboxylic acids is 2. The molecule has 1 atom stereocenters. The number of aromatic nitrogens is 2. The average molecular weight is 485 g/mol. The molecule has 2 aliphatic rings. The Morgan fingerprint density at radius 3 is 2.51 bits per heavy atom. The lowest BCUT2D eigenvalue weighted by Gasteiger charge is -2.35. The molecule has 0 bridgehead atoms. The number of hydrogen-bond donors (Lipinski definition) is 0. The first-order chi connectivity index (χ1) is 16.3. The van der Waals surface area contributed by atoms with E-state index in [1.165, 1.54) is 0 Å². The van der Waals surface area contributed by atoms with Crippen molar-refractivity contribution < 1.29 is 18.8 Å². The van der Waals surface area contributed by atoms with Crippen LogP contribution in [0.5, 0.6) is 0 Å². The highest BCUT2D eigenvalue weighted by molar-refractivity contribution is 6.06. The largest absolute Gasteiger partial charge is 0.444 e. The number of amides is 2. The number of nitrogens with zero attached hydrogens (tertiary/aromatic N) is 4. The molecule has 0 spiro atoms. The predicted octanol–water partition coefficient (Wildman–Crippen LogP) is 5.41. The summed E-state index contributed by atoms with van der Waals surface area (Å²) in [6, 6.07) is 1.97. The van der Waals surface area contributed by atoms with Gasteiger partial charge >= 0.3 is 6.09 Å². The van der Waals surface area contributed by atoms with E-state index in [4.69, 9.17) is 14.2 Å². The number of piperidine rings is 1. The molecule has 3 heterocycles. The molecular weight excluding hydrogens is 444 g/mol. The minimum Gasteiger partial charge on any atom is -0.444 e. The van der Waals surface area contributed by atoms with Gasteiger partial charge in [-0.25, -0.2) is 9.78 Å². The van der Waals surface area contributed by atoms with E-state index < -0.39 is 5.60 Å². The first kappa shape index (κ1) is 25.5. The Morgan fingerprint density at radius 2 is 1.89 bits per heavy atom. The molecule has 1 saturated heterocycles. The van der Waals surface area contributed by atoms with Gasteiger partial charge in [-0.15, -0.1) is 0 Å². The molecular formula is C27H40N4O4. The number of ether oxygens (including phenoxy) is 1. The van der Waals surface area contributed by atoms with Gasteiger partial charge in [0.1, 0.15) is 5.60 Å². The number of carbonyl (C=O) groups is 2. The maximum absolute atomic E-state index is 13.9. The fourth-order valence-corrected chi connectivity index (χ4v) is 4.78. The SMILES string of the molecule is CN(CC1CCCN(C(=O)c2cc(C3CC3)nc3onc(CC(C)(C)C)c23)C1)C(=O)OC(C)(C)C. The maximum atomic E-state index is 13.9. The van der Waals surface area contributed by atoms with Crippen LogP contribution in [0.1, 0.15) is 94.9 Å². The van der Waals surface area contributed by atoms with Gasteiger partial charge in [-0.3, -0.25) is 4.79 Å². The maximum Gasteiger partial charge on any atom is 0.410 e. The minimum absolute atomic E-state index is 0.00174. The summed E-state index contributed by atoms with van der Waals surface area (Å²) >= 11 is 0. The zero-order valence-electron chi connectivity index (χ0n) is 22.3. The summed E-state index contributed by atoms with van der Waals surface area (Å²) in [6.07, 6.45) is 4.44. The lowest BCUT2D eigenvalue weighted by Crippen LogP contribution is -2.45. The Morgan fingerprint density at radius 1 is 1.17 bits per heavy atom. The van der Waals surface area contributed by atoms with Crippen LogP contribution in [0.3, 0.4) is 0 Å². The smallest absolute Gasteiger partial charge is 0.410 e. The van der Waals surface area contributed by atoms with E-state index >= 15 is 0 Å². The highest BCUT2D eigenvalue weighted by Crippen LogP contribution is 2.41. The Hall–Kier alpha value is -2.64. The van der Waals surface area contributed by atoms with E-state index in [0.717, 1.165) is 42.5 Å². The van der Waals surface area contributed by atoms with Crippen molar-refractivity contribution in [1.29, 1.82) is 0 Å². The van der Waals surface area contributed by atoms with Crippen LogP contribution >= 0.6 is 0 Å². The van der Waals surface area contributed by atoms with E-state index in [0.29, 0.717) is 43.2 Å². The molecule has 0 N–H and O–H groups in total. The van der Waals surface area contributed by atoms with Gasteiger partial charge in [0.05, 0.1) is 16.6 Å². The van der Waals surface area contributed by atoms with Crippen molar-refractivity contribution in [2.75, 3.05) is 26.7 Å². The van der Waals surface area contributed by atoms with Crippen molar-refractivity contribution in [3.05, 3.63) is 23.0 Å². The normalized spacial score (nSPS) is 19.2. The molecule has 2 fully saturated rings. The van der Waals surface area contributed by atoms with Gasteiger partial charge in [0.2, 0.25) is 0 Å². The molecule has 2 aromatic heterocycles. The minimum atomic E-state index is -0.532. The summed E-state index contributed by atoms with van der Waals surface area (Å²) in [5.41, 5.74) is 2.31. The molecule has 0 aromatic carbocycles. The Balaban J connectivity index is 1.56. The molecule has 192 valence electrons. The average Bonchev–Trinajstić information content (AvgIpc) is 3.53. The molecule has 8 heteroatoms. The van der Waals surface area contributed by atoms with Crippen LogP contribution in [0.2, 0.25) is 0 Å². The second-order valence-electron chi connectivity index (χ2n) is 12.5. The summed E-state index contributed by atoms with van der Waals surface area (Å²) in [5.74, 6) is 0.600. The molecule has 2 aromatic rings. The van der Waals surface area contributed by atoms with Gasteiger partial charge in [-0.1, -0.05) is 25.9 Å². The standard InChI is InChI=1S/C27H40N4O4/c1-26(2,3)14-21-22-19(13-20(18-10-11-18)28-23(22)35-29-21)24(32)31-12-8-9-17(16-31)15-30(7)25(33)34-27(4,5)6/h13,17-18H,8-12,14-16H2,1-7H3.